The zero-order valence-corrected chi connectivity index (χ0v) is 9.29. The Hall–Kier alpha value is -1.21. The Balaban J connectivity index is 2.48. The Kier molecular flexibility index (Phi) is 3.98. The molecule has 0 radical (unpaired) electrons. The van der Waals surface area contributed by atoms with Crippen molar-refractivity contribution in [1.29, 1.82) is 0 Å². The van der Waals surface area contributed by atoms with E-state index >= 15 is 0 Å². The number of nitrogens with one attached hydrogen (secondary N) is 1. The van der Waals surface area contributed by atoms with Crippen molar-refractivity contribution in [3.8, 4) is 0 Å². The van der Waals surface area contributed by atoms with E-state index in [1.807, 2.05) is 0 Å². The largest absolute Gasteiger partial charge is 0.353 e. The molecule has 1 N–H and O–H groups in total. The van der Waals surface area contributed by atoms with Gasteiger partial charge in [0.2, 0.25) is 11.2 Å². The van der Waals surface area contributed by atoms with Crippen LogP contribution in [0.25, 0.3) is 0 Å². The molecule has 0 aromatic carbocycles. The molecule has 0 aliphatic carbocycles. The number of hydrogen-bond donors (Lipinski definition) is 1. The molecule has 0 unspecified atom stereocenters. The van der Waals surface area contributed by atoms with E-state index in [1.165, 1.54) is 6.33 Å². The van der Waals surface area contributed by atoms with Gasteiger partial charge in [0.25, 0.3) is 0 Å². The van der Waals surface area contributed by atoms with Crippen LogP contribution in [0.1, 0.15) is 0 Å². The van der Waals surface area contributed by atoms with Crippen LogP contribution in [0.3, 0.4) is 0 Å². The van der Waals surface area contributed by atoms with Gasteiger partial charge in [0, 0.05) is 12.0 Å². The SMILES string of the molecule is C=CS(=O)(=O)CCNc1ncnc(Cl)n1. The Labute approximate surface area is 92.3 Å². The average molecular weight is 249 g/mol. The summed E-state index contributed by atoms with van der Waals surface area (Å²) in [6, 6.07) is 0. The minimum absolute atomic E-state index is 0.0547. The number of hydrogen-bond acceptors (Lipinski definition) is 6. The smallest absolute Gasteiger partial charge is 0.227 e. The van der Waals surface area contributed by atoms with Crippen molar-refractivity contribution in [3.63, 3.8) is 0 Å². The maximum absolute atomic E-state index is 11.0. The van der Waals surface area contributed by atoms with Crippen LogP contribution in [0.2, 0.25) is 5.28 Å². The van der Waals surface area contributed by atoms with Gasteiger partial charge in [0.1, 0.15) is 6.33 Å². The topological polar surface area (TPSA) is 84.8 Å². The number of rotatable bonds is 5. The lowest BCUT2D eigenvalue weighted by molar-refractivity contribution is 0.605. The van der Waals surface area contributed by atoms with E-state index in [0.717, 1.165) is 5.41 Å². The highest BCUT2D eigenvalue weighted by atomic mass is 35.5. The van der Waals surface area contributed by atoms with Crippen LogP contribution < -0.4 is 5.32 Å². The summed E-state index contributed by atoms with van der Waals surface area (Å²) < 4.78 is 22.0. The van der Waals surface area contributed by atoms with E-state index in [1.54, 1.807) is 0 Å². The quantitative estimate of drug-likeness (QED) is 0.817. The fraction of sp³-hybridized carbons (Fsp3) is 0.286. The van der Waals surface area contributed by atoms with E-state index in [0.29, 0.717) is 0 Å². The second-order valence-electron chi connectivity index (χ2n) is 2.54. The summed E-state index contributed by atoms with van der Waals surface area (Å²) in [5.74, 6) is 0.175. The Morgan fingerprint density at radius 2 is 2.27 bits per heavy atom. The summed E-state index contributed by atoms with van der Waals surface area (Å²) in [7, 11) is -3.20. The number of halogens is 1. The van der Waals surface area contributed by atoms with Gasteiger partial charge in [0.05, 0.1) is 5.75 Å². The lowest BCUT2D eigenvalue weighted by atomic mass is 10.7. The summed E-state index contributed by atoms with van der Waals surface area (Å²) >= 11 is 5.50. The molecule has 0 saturated heterocycles. The molecule has 0 bridgehead atoms. The highest BCUT2D eigenvalue weighted by Crippen LogP contribution is 2.01. The molecule has 0 aliphatic rings. The van der Waals surface area contributed by atoms with Crippen LogP contribution in [0.4, 0.5) is 5.95 Å². The molecule has 82 valence electrons. The summed E-state index contributed by atoms with van der Waals surface area (Å²) in [6.45, 7) is 3.38. The van der Waals surface area contributed by atoms with Crippen molar-refractivity contribution in [3.05, 3.63) is 23.6 Å². The zero-order chi connectivity index (χ0) is 11.3. The van der Waals surface area contributed by atoms with E-state index in [9.17, 15) is 8.42 Å². The maximum Gasteiger partial charge on any atom is 0.227 e. The molecule has 15 heavy (non-hydrogen) atoms. The molecule has 1 rings (SSSR count). The first-order chi connectivity index (χ1) is 7.03. The third kappa shape index (κ3) is 4.22. The minimum atomic E-state index is -3.20. The molecular formula is C7H9ClN4O2S. The second kappa shape index (κ2) is 5.04. The van der Waals surface area contributed by atoms with Crippen molar-refractivity contribution in [2.45, 2.75) is 0 Å². The first-order valence-electron chi connectivity index (χ1n) is 3.97. The van der Waals surface area contributed by atoms with Gasteiger partial charge in [-0.25, -0.2) is 18.4 Å². The molecule has 1 aromatic rings. The van der Waals surface area contributed by atoms with E-state index in [2.05, 4.69) is 26.8 Å². The normalized spacial score (nSPS) is 11.0. The summed E-state index contributed by atoms with van der Waals surface area (Å²) in [5.41, 5.74) is 0. The van der Waals surface area contributed by atoms with Crippen molar-refractivity contribution < 1.29 is 8.42 Å². The van der Waals surface area contributed by atoms with Gasteiger partial charge in [-0.1, -0.05) is 6.58 Å². The molecule has 0 aliphatic heterocycles. The van der Waals surface area contributed by atoms with Crippen molar-refractivity contribution in [2.75, 3.05) is 17.6 Å². The van der Waals surface area contributed by atoms with Gasteiger partial charge in [-0.15, -0.1) is 0 Å². The Morgan fingerprint density at radius 1 is 1.53 bits per heavy atom. The maximum atomic E-state index is 11.0. The molecule has 0 spiro atoms. The van der Waals surface area contributed by atoms with Crippen molar-refractivity contribution >= 4 is 27.4 Å². The van der Waals surface area contributed by atoms with Crippen LogP contribution in [-0.4, -0.2) is 35.7 Å². The van der Waals surface area contributed by atoms with E-state index in [-0.39, 0.29) is 23.5 Å². The Bertz CT molecular complexity index is 448. The van der Waals surface area contributed by atoms with Crippen LogP contribution in [0, 0.1) is 0 Å². The molecular weight excluding hydrogens is 240 g/mol. The Morgan fingerprint density at radius 3 is 2.87 bits per heavy atom. The average Bonchev–Trinajstić information content (AvgIpc) is 2.18. The fourth-order valence-corrected chi connectivity index (χ4v) is 1.43. The van der Waals surface area contributed by atoms with Crippen molar-refractivity contribution in [2.24, 2.45) is 0 Å². The van der Waals surface area contributed by atoms with Gasteiger partial charge < -0.3 is 5.32 Å². The second-order valence-corrected chi connectivity index (χ2v) is 4.94. The molecule has 1 heterocycles. The lowest BCUT2D eigenvalue weighted by Crippen LogP contribution is -2.15. The first-order valence-corrected chi connectivity index (χ1v) is 6.06. The summed E-state index contributed by atoms with van der Waals surface area (Å²) in [6.07, 6.45) is 1.24. The van der Waals surface area contributed by atoms with Crippen LogP contribution in [0.15, 0.2) is 18.3 Å². The van der Waals surface area contributed by atoms with E-state index < -0.39 is 9.84 Å². The number of anilines is 1. The minimum Gasteiger partial charge on any atom is -0.353 e. The van der Waals surface area contributed by atoms with Gasteiger partial charge in [-0.3, -0.25) is 0 Å². The van der Waals surface area contributed by atoms with Gasteiger partial charge in [-0.2, -0.15) is 4.98 Å². The number of sulfone groups is 1. The summed E-state index contributed by atoms with van der Waals surface area (Å²) in [5, 5.41) is 3.67. The summed E-state index contributed by atoms with van der Waals surface area (Å²) in [4.78, 5) is 11.1. The fourth-order valence-electron chi connectivity index (χ4n) is 0.750. The highest BCUT2D eigenvalue weighted by Gasteiger charge is 2.04. The monoisotopic (exact) mass is 248 g/mol. The highest BCUT2D eigenvalue weighted by molar-refractivity contribution is 7.94. The molecule has 0 fully saturated rings. The standard InChI is InChI=1S/C7H9ClN4O2S/c1-2-15(13,14)4-3-9-7-11-5-10-6(8)12-7/h2,5H,1,3-4H2,(H,9,10,11,12). The zero-order valence-electron chi connectivity index (χ0n) is 7.72. The van der Waals surface area contributed by atoms with Gasteiger partial charge in [-0.05, 0) is 11.6 Å². The predicted molar refractivity (Wildman–Crippen MR) is 57.3 cm³/mol. The van der Waals surface area contributed by atoms with Crippen LogP contribution in [-0.2, 0) is 9.84 Å². The molecule has 8 heteroatoms. The molecule has 0 saturated carbocycles. The first kappa shape index (κ1) is 11.9. The third-order valence-corrected chi connectivity index (χ3v) is 2.93. The molecule has 1 aromatic heterocycles. The van der Waals surface area contributed by atoms with Crippen LogP contribution >= 0.6 is 11.6 Å². The van der Waals surface area contributed by atoms with Gasteiger partial charge in [0.15, 0.2) is 9.84 Å². The number of nitrogens with zero attached hydrogens (tertiary/aromatic N) is 3. The third-order valence-electron chi connectivity index (χ3n) is 1.47. The number of aromatic nitrogens is 3. The molecule has 0 atom stereocenters. The molecule has 0 amide bonds. The van der Waals surface area contributed by atoms with Gasteiger partial charge >= 0.3 is 0 Å². The predicted octanol–water partition coefficient (Wildman–Crippen LogP) is 0.495. The van der Waals surface area contributed by atoms with E-state index in [4.69, 9.17) is 11.6 Å². The van der Waals surface area contributed by atoms with Crippen molar-refractivity contribution in [1.82, 2.24) is 15.0 Å². The lowest BCUT2D eigenvalue weighted by Gasteiger charge is -2.02. The van der Waals surface area contributed by atoms with Crippen LogP contribution in [0.5, 0.6) is 0 Å². The molecule has 6 nitrogen and oxygen atoms in total.